The van der Waals surface area contributed by atoms with Crippen LogP contribution in [0.5, 0.6) is 0 Å². The molecular weight excluding hydrogens is 301 g/mol. The molecule has 0 aromatic heterocycles. The van der Waals surface area contributed by atoms with E-state index in [0.29, 0.717) is 6.54 Å². The van der Waals surface area contributed by atoms with Crippen LogP contribution in [0.15, 0.2) is 30.3 Å². The molecule has 3 heteroatoms. The van der Waals surface area contributed by atoms with Crippen LogP contribution < -0.4 is 5.73 Å². The third-order valence-corrected chi connectivity index (χ3v) is 5.05. The van der Waals surface area contributed by atoms with Gasteiger partial charge >= 0.3 is 0 Å². The van der Waals surface area contributed by atoms with Gasteiger partial charge in [0, 0.05) is 5.38 Å². The number of alkyl halides is 2. The zero-order valence-corrected chi connectivity index (χ0v) is 14.5. The zero-order chi connectivity index (χ0) is 15.3. The Balaban J connectivity index is 1.91. The molecule has 2 N–H and O–H groups in total. The molecule has 0 bridgehead atoms. The maximum absolute atomic E-state index is 6.25. The predicted molar refractivity (Wildman–Crippen MR) is 95.4 cm³/mol. The molecule has 1 aromatic rings. The van der Waals surface area contributed by atoms with Crippen molar-refractivity contribution in [3.63, 3.8) is 0 Å². The number of halogens is 2. The topological polar surface area (TPSA) is 26.0 Å². The van der Waals surface area contributed by atoms with Crippen molar-refractivity contribution in [2.45, 2.75) is 68.5 Å². The van der Waals surface area contributed by atoms with Crippen LogP contribution >= 0.6 is 23.2 Å². The van der Waals surface area contributed by atoms with Gasteiger partial charge in [0.05, 0.1) is 5.38 Å². The first-order valence-corrected chi connectivity index (χ1v) is 9.13. The lowest BCUT2D eigenvalue weighted by Gasteiger charge is -2.14. The molecule has 120 valence electrons. The van der Waals surface area contributed by atoms with E-state index in [0.717, 1.165) is 12.8 Å². The van der Waals surface area contributed by atoms with Gasteiger partial charge in [0.1, 0.15) is 0 Å². The zero-order valence-electron chi connectivity index (χ0n) is 12.9. The summed E-state index contributed by atoms with van der Waals surface area (Å²) in [7, 11) is 0. The Kier molecular flexibility index (Phi) is 11.0. The van der Waals surface area contributed by atoms with E-state index in [1.165, 1.54) is 50.5 Å². The van der Waals surface area contributed by atoms with E-state index in [1.54, 1.807) is 0 Å². The van der Waals surface area contributed by atoms with Crippen LogP contribution in [-0.4, -0.2) is 17.3 Å². The average molecular weight is 330 g/mol. The largest absolute Gasteiger partial charge is 0.330 e. The van der Waals surface area contributed by atoms with Gasteiger partial charge in [0.25, 0.3) is 0 Å². The summed E-state index contributed by atoms with van der Waals surface area (Å²) in [5.74, 6) is 0. The molecule has 0 aliphatic rings. The Morgan fingerprint density at radius 3 is 2.00 bits per heavy atom. The van der Waals surface area contributed by atoms with E-state index in [1.807, 2.05) is 0 Å². The molecule has 2 unspecified atom stereocenters. The van der Waals surface area contributed by atoms with Crippen LogP contribution in [0, 0.1) is 0 Å². The van der Waals surface area contributed by atoms with Crippen LogP contribution in [0.2, 0.25) is 0 Å². The molecule has 0 radical (unpaired) electrons. The number of nitrogens with two attached hydrogens (primary N) is 1. The minimum atomic E-state index is 0.0301. The van der Waals surface area contributed by atoms with E-state index >= 15 is 0 Å². The van der Waals surface area contributed by atoms with Crippen LogP contribution in [0.4, 0.5) is 0 Å². The average Bonchev–Trinajstić information content (AvgIpc) is 2.51. The summed E-state index contributed by atoms with van der Waals surface area (Å²) in [6, 6.07) is 10.7. The van der Waals surface area contributed by atoms with Crippen LogP contribution in [-0.2, 0) is 6.42 Å². The van der Waals surface area contributed by atoms with E-state index in [4.69, 9.17) is 28.9 Å². The quantitative estimate of drug-likeness (QED) is 0.396. The van der Waals surface area contributed by atoms with Gasteiger partial charge in [-0.2, -0.15) is 0 Å². The molecule has 2 atom stereocenters. The van der Waals surface area contributed by atoms with E-state index < -0.39 is 0 Å². The van der Waals surface area contributed by atoms with Gasteiger partial charge in [-0.3, -0.25) is 0 Å². The Labute approximate surface area is 140 Å². The fraction of sp³-hybridized carbons (Fsp3) is 0.667. The van der Waals surface area contributed by atoms with Crippen molar-refractivity contribution in [2.24, 2.45) is 5.73 Å². The van der Waals surface area contributed by atoms with Gasteiger partial charge in [0.2, 0.25) is 0 Å². The number of hydrogen-bond acceptors (Lipinski definition) is 1. The fourth-order valence-corrected chi connectivity index (χ4v) is 3.07. The number of aryl methyl sites for hydroxylation is 1. The first-order chi connectivity index (χ1) is 10.2. The second-order valence-corrected chi connectivity index (χ2v) is 6.88. The summed E-state index contributed by atoms with van der Waals surface area (Å²) in [5, 5.41) is 0.107. The van der Waals surface area contributed by atoms with Gasteiger partial charge in [-0.1, -0.05) is 62.4 Å². The summed E-state index contributed by atoms with van der Waals surface area (Å²) in [6.45, 7) is 0.624. The highest BCUT2D eigenvalue weighted by Crippen LogP contribution is 2.20. The second-order valence-electron chi connectivity index (χ2n) is 5.75. The van der Waals surface area contributed by atoms with Crippen molar-refractivity contribution in [3.8, 4) is 0 Å². The summed E-state index contributed by atoms with van der Waals surface area (Å²) in [6.07, 6.45) is 10.7. The van der Waals surface area contributed by atoms with Crippen LogP contribution in [0.3, 0.4) is 0 Å². The molecule has 0 amide bonds. The molecule has 1 rings (SSSR count). The SMILES string of the molecule is NCCC(Cl)C(Cl)CCCCCCCCc1ccccc1. The van der Waals surface area contributed by atoms with Crippen molar-refractivity contribution in [2.75, 3.05) is 6.54 Å². The normalized spacial score (nSPS) is 14.0. The minimum Gasteiger partial charge on any atom is -0.330 e. The molecule has 0 aliphatic heterocycles. The summed E-state index contributed by atoms with van der Waals surface area (Å²) in [4.78, 5) is 0. The molecule has 1 nitrogen and oxygen atoms in total. The van der Waals surface area contributed by atoms with Crippen molar-refractivity contribution in [1.29, 1.82) is 0 Å². The van der Waals surface area contributed by atoms with Crippen molar-refractivity contribution < 1.29 is 0 Å². The molecule has 0 aliphatic carbocycles. The lowest BCUT2D eigenvalue weighted by Crippen LogP contribution is -2.18. The molecule has 21 heavy (non-hydrogen) atoms. The number of rotatable bonds is 12. The molecule has 0 saturated carbocycles. The van der Waals surface area contributed by atoms with Gasteiger partial charge in [-0.05, 0) is 37.8 Å². The highest BCUT2D eigenvalue weighted by atomic mass is 35.5. The lowest BCUT2D eigenvalue weighted by atomic mass is 10.0. The molecule has 0 heterocycles. The lowest BCUT2D eigenvalue weighted by molar-refractivity contribution is 0.559. The maximum Gasteiger partial charge on any atom is 0.0511 e. The molecule has 0 spiro atoms. The Morgan fingerprint density at radius 2 is 1.33 bits per heavy atom. The molecular formula is C18H29Cl2N. The van der Waals surface area contributed by atoms with Gasteiger partial charge in [-0.15, -0.1) is 23.2 Å². The summed E-state index contributed by atoms with van der Waals surface area (Å²) in [5.41, 5.74) is 6.94. The first kappa shape index (κ1) is 18.8. The third kappa shape index (κ3) is 9.39. The smallest absolute Gasteiger partial charge is 0.0511 e. The first-order valence-electron chi connectivity index (χ1n) is 8.26. The Morgan fingerprint density at radius 1 is 0.762 bits per heavy atom. The highest BCUT2D eigenvalue weighted by molar-refractivity contribution is 6.29. The Hall–Kier alpha value is -0.240. The van der Waals surface area contributed by atoms with E-state index in [2.05, 4.69) is 30.3 Å². The molecule has 0 fully saturated rings. The third-order valence-electron chi connectivity index (χ3n) is 3.87. The minimum absolute atomic E-state index is 0.0301. The van der Waals surface area contributed by atoms with Gasteiger partial charge in [-0.25, -0.2) is 0 Å². The van der Waals surface area contributed by atoms with Crippen LogP contribution in [0.25, 0.3) is 0 Å². The van der Waals surface area contributed by atoms with Gasteiger partial charge in [0.15, 0.2) is 0 Å². The van der Waals surface area contributed by atoms with Crippen molar-refractivity contribution in [3.05, 3.63) is 35.9 Å². The number of unbranched alkanes of at least 4 members (excludes halogenated alkanes) is 5. The fourth-order valence-electron chi connectivity index (χ4n) is 2.54. The van der Waals surface area contributed by atoms with Crippen molar-refractivity contribution in [1.82, 2.24) is 0 Å². The highest BCUT2D eigenvalue weighted by Gasteiger charge is 2.14. The van der Waals surface area contributed by atoms with E-state index in [9.17, 15) is 0 Å². The number of benzene rings is 1. The van der Waals surface area contributed by atoms with Crippen molar-refractivity contribution >= 4 is 23.2 Å². The molecule has 1 aromatic carbocycles. The Bertz CT molecular complexity index is 342. The second kappa shape index (κ2) is 12.3. The predicted octanol–water partition coefficient (Wildman–Crippen LogP) is 5.52. The van der Waals surface area contributed by atoms with Crippen LogP contribution in [0.1, 0.15) is 56.9 Å². The molecule has 0 saturated heterocycles. The standard InChI is InChI=1S/C18H29Cl2N/c19-17(18(20)14-15-21)13-9-4-2-1-3-6-10-16-11-7-5-8-12-16/h5,7-8,11-12,17-18H,1-4,6,9-10,13-15,21H2. The maximum atomic E-state index is 6.25. The number of hydrogen-bond donors (Lipinski definition) is 1. The van der Waals surface area contributed by atoms with E-state index in [-0.39, 0.29) is 10.8 Å². The summed E-state index contributed by atoms with van der Waals surface area (Å²) < 4.78 is 0. The van der Waals surface area contributed by atoms with Gasteiger partial charge < -0.3 is 5.73 Å². The summed E-state index contributed by atoms with van der Waals surface area (Å²) >= 11 is 12.4. The monoisotopic (exact) mass is 329 g/mol.